The number of halogens is 7. The molecule has 43 heavy (non-hydrogen) atoms. The fourth-order valence-electron chi connectivity index (χ4n) is 6.22. The largest absolute Gasteiger partial charge is 0.508 e. The van der Waals surface area contributed by atoms with Crippen molar-refractivity contribution in [3.63, 3.8) is 0 Å². The van der Waals surface area contributed by atoms with E-state index in [1.807, 2.05) is 0 Å². The third-order valence-electron chi connectivity index (χ3n) is 8.21. The number of hydrogen-bond acceptors (Lipinski definition) is 6. The van der Waals surface area contributed by atoms with Crippen molar-refractivity contribution in [3.05, 3.63) is 85.5 Å². The topological polar surface area (TPSA) is 116 Å². The number of rotatable bonds is 3. The Labute approximate surface area is 246 Å². The molecule has 2 aromatic carbocycles. The summed E-state index contributed by atoms with van der Waals surface area (Å²) in [5.74, 6) is -17.6. The average Bonchev–Trinajstić information content (AvgIpc) is 3.29. The predicted molar refractivity (Wildman–Crippen MR) is 139 cm³/mol. The number of hydrogen-bond donors (Lipinski definition) is 1. The fraction of sp³-hybridized carbons (Fsp3) is 0.308. The van der Waals surface area contributed by atoms with E-state index in [1.54, 1.807) is 0 Å². The van der Waals surface area contributed by atoms with Crippen molar-refractivity contribution in [3.8, 4) is 11.5 Å². The van der Waals surface area contributed by atoms with Crippen LogP contribution < -0.4 is 21.0 Å². The first-order valence-electron chi connectivity index (χ1n) is 12.4. The Kier molecular flexibility index (Phi) is 6.20. The van der Waals surface area contributed by atoms with Gasteiger partial charge in [0, 0.05) is 31.0 Å². The molecule has 2 amide bonds. The Morgan fingerprint density at radius 3 is 2.14 bits per heavy atom. The van der Waals surface area contributed by atoms with Crippen LogP contribution in [0.15, 0.2) is 39.4 Å². The number of anilines is 1. The van der Waals surface area contributed by atoms with Crippen LogP contribution in [0, 0.1) is 29.1 Å². The Morgan fingerprint density at radius 1 is 0.930 bits per heavy atom. The number of nitrogens with zero attached hydrogens (tertiary/aromatic N) is 4. The molecule has 1 aliphatic carbocycles. The maximum absolute atomic E-state index is 15.0. The van der Waals surface area contributed by atoms with Gasteiger partial charge in [0.15, 0.2) is 33.0 Å². The lowest BCUT2D eigenvalue weighted by Gasteiger charge is -2.49. The second-order valence-electron chi connectivity index (χ2n) is 10.2. The quantitative estimate of drug-likeness (QED) is 0.117. The van der Waals surface area contributed by atoms with Gasteiger partial charge in [0.05, 0.1) is 19.7 Å². The first-order valence-corrected chi connectivity index (χ1v) is 13.1. The van der Waals surface area contributed by atoms with Crippen LogP contribution in [0.4, 0.5) is 27.6 Å². The van der Waals surface area contributed by atoms with Crippen molar-refractivity contribution in [1.82, 2.24) is 13.9 Å². The number of carbonyl (C=O) groups excluding carboxylic acids is 2. The van der Waals surface area contributed by atoms with E-state index in [1.165, 1.54) is 32.4 Å². The predicted octanol–water partition coefficient (Wildman–Crippen LogP) is 2.96. The van der Waals surface area contributed by atoms with Gasteiger partial charge in [-0.3, -0.25) is 9.59 Å². The third-order valence-corrected chi connectivity index (χ3v) is 9.62. The number of amides is 2. The molecule has 6 rings (SSSR count). The third kappa shape index (κ3) is 3.40. The van der Waals surface area contributed by atoms with Crippen LogP contribution in [0.25, 0.3) is 0 Å². The van der Waals surface area contributed by atoms with Gasteiger partial charge in [0.25, 0.3) is 11.8 Å². The van der Waals surface area contributed by atoms with Gasteiger partial charge in [0.1, 0.15) is 17.2 Å². The molecule has 17 heteroatoms. The first-order chi connectivity index (χ1) is 20.1. The summed E-state index contributed by atoms with van der Waals surface area (Å²) in [4.78, 5) is 48.3. The highest BCUT2D eigenvalue weighted by Crippen LogP contribution is 2.65. The standard InChI is InChI=1S/C26H17Cl2F5N4O6/c1-34-23(41)35-6-5-10-12(37(35)24(34)42)8-25(27)21(39)36(20-18(32)16(30)15(29)17(31)19(20)33)22(40)26(25,28)14(10)11-4-3-9(38)7-13(11)43-2/h3-5,7,12,14,38H,6,8H2,1-2H3/t12-,14-,25-,26+/m1/s1. The van der Waals surface area contributed by atoms with Crippen LogP contribution in [0.1, 0.15) is 23.9 Å². The lowest BCUT2D eigenvalue weighted by atomic mass is 9.64. The molecule has 0 spiro atoms. The molecule has 10 nitrogen and oxygen atoms in total. The van der Waals surface area contributed by atoms with Gasteiger partial charge in [0.2, 0.25) is 5.82 Å². The first kappa shape index (κ1) is 29.0. The molecule has 2 aliphatic heterocycles. The zero-order chi connectivity index (χ0) is 31.5. The summed E-state index contributed by atoms with van der Waals surface area (Å²) >= 11 is 13.9. The van der Waals surface area contributed by atoms with Gasteiger partial charge in [-0.1, -0.05) is 12.1 Å². The van der Waals surface area contributed by atoms with Crippen molar-refractivity contribution < 1.29 is 41.4 Å². The number of aromatic nitrogens is 3. The molecule has 1 N–H and O–H groups in total. The van der Waals surface area contributed by atoms with Crippen molar-refractivity contribution in [1.29, 1.82) is 0 Å². The number of carbonyl (C=O) groups is 2. The van der Waals surface area contributed by atoms with E-state index >= 15 is 8.78 Å². The molecule has 1 aromatic heterocycles. The second kappa shape index (κ2) is 9.19. The summed E-state index contributed by atoms with van der Waals surface area (Å²) in [5, 5.41) is 10.1. The number of methoxy groups -OCH3 is 1. The van der Waals surface area contributed by atoms with Gasteiger partial charge < -0.3 is 9.84 Å². The molecular formula is C26H17Cl2F5N4O6. The van der Waals surface area contributed by atoms with Crippen LogP contribution in [-0.2, 0) is 23.2 Å². The summed E-state index contributed by atoms with van der Waals surface area (Å²) in [5.41, 5.74) is -3.29. The second-order valence-corrected chi connectivity index (χ2v) is 11.5. The molecule has 226 valence electrons. The highest BCUT2D eigenvalue weighted by molar-refractivity contribution is 6.58. The van der Waals surface area contributed by atoms with E-state index in [0.717, 1.165) is 20.0 Å². The van der Waals surface area contributed by atoms with Gasteiger partial charge in [-0.25, -0.2) is 50.4 Å². The SMILES string of the molecule is COc1cc(O)ccc1[C@H]1C2=CCn3c(=O)n(C)c(=O)n3[C@@H]2C[C@@]2(Cl)C(=O)N(c3c(F)c(F)c(F)c(F)c3F)C(=O)[C@@]12Cl. The molecule has 3 aliphatic rings. The van der Waals surface area contributed by atoms with Crippen molar-refractivity contribution in [2.24, 2.45) is 7.05 Å². The smallest absolute Gasteiger partial charge is 0.347 e. The van der Waals surface area contributed by atoms with Gasteiger partial charge in [-0.2, -0.15) is 0 Å². The Morgan fingerprint density at radius 2 is 1.53 bits per heavy atom. The number of imide groups is 1. The van der Waals surface area contributed by atoms with E-state index in [0.29, 0.717) is 0 Å². The van der Waals surface area contributed by atoms with Crippen LogP contribution in [0.2, 0.25) is 0 Å². The summed E-state index contributed by atoms with van der Waals surface area (Å²) in [6.45, 7) is -0.219. The zero-order valence-electron chi connectivity index (χ0n) is 21.8. The van der Waals surface area contributed by atoms with Crippen molar-refractivity contribution >= 4 is 40.7 Å². The molecule has 0 bridgehead atoms. The van der Waals surface area contributed by atoms with Crippen molar-refractivity contribution in [2.45, 2.75) is 34.7 Å². The highest BCUT2D eigenvalue weighted by Gasteiger charge is 2.76. The molecule has 3 aromatic rings. The van der Waals surface area contributed by atoms with Crippen molar-refractivity contribution in [2.75, 3.05) is 12.0 Å². The lowest BCUT2D eigenvalue weighted by Crippen LogP contribution is -2.59. The number of fused-ring (bicyclic) bond motifs is 4. The molecule has 0 radical (unpaired) electrons. The molecule has 0 unspecified atom stereocenters. The number of phenolic OH excluding ortho intramolecular Hbond substituents is 1. The van der Waals surface area contributed by atoms with Crippen LogP contribution in [0.5, 0.6) is 11.5 Å². The number of phenols is 1. The van der Waals surface area contributed by atoms with Gasteiger partial charge in [-0.05, 0) is 11.6 Å². The van der Waals surface area contributed by atoms with Gasteiger partial charge in [-0.15, -0.1) is 23.2 Å². The summed E-state index contributed by atoms with van der Waals surface area (Å²) in [6, 6.07) is 2.30. The van der Waals surface area contributed by atoms with Crippen LogP contribution in [-0.4, -0.2) is 47.7 Å². The van der Waals surface area contributed by atoms with Crippen LogP contribution >= 0.6 is 23.2 Å². The average molecular weight is 647 g/mol. The molecule has 1 saturated carbocycles. The number of ether oxygens (including phenoxy) is 1. The number of aromatic hydroxyl groups is 1. The minimum absolute atomic E-state index is 0.0106. The lowest BCUT2D eigenvalue weighted by molar-refractivity contribution is -0.122. The van der Waals surface area contributed by atoms with E-state index in [4.69, 9.17) is 27.9 Å². The number of alkyl halides is 2. The van der Waals surface area contributed by atoms with E-state index < -0.39 is 86.1 Å². The number of benzene rings is 2. The highest BCUT2D eigenvalue weighted by atomic mass is 35.5. The Balaban J connectivity index is 1.68. The summed E-state index contributed by atoms with van der Waals surface area (Å²) in [7, 11) is 2.40. The molecule has 4 atom stereocenters. The maximum Gasteiger partial charge on any atom is 0.347 e. The Bertz CT molecular complexity index is 1930. The van der Waals surface area contributed by atoms with Gasteiger partial charge >= 0.3 is 11.4 Å². The minimum atomic E-state index is -2.72. The molecule has 1 saturated heterocycles. The summed E-state index contributed by atoms with van der Waals surface area (Å²) in [6.07, 6.45) is 0.725. The molecule has 2 fully saturated rings. The van der Waals surface area contributed by atoms with E-state index in [9.17, 15) is 37.5 Å². The molecular weight excluding hydrogens is 630 g/mol. The number of allylic oxidation sites excluding steroid dienone is 2. The zero-order valence-corrected chi connectivity index (χ0v) is 23.3. The van der Waals surface area contributed by atoms with E-state index in [2.05, 4.69) is 0 Å². The normalized spacial score (nSPS) is 26.3. The summed E-state index contributed by atoms with van der Waals surface area (Å²) < 4.78 is 80.5. The molecule has 3 heterocycles. The monoisotopic (exact) mass is 646 g/mol. The fourth-order valence-corrected chi connectivity index (χ4v) is 7.13. The minimum Gasteiger partial charge on any atom is -0.508 e. The maximum atomic E-state index is 15.0. The van der Waals surface area contributed by atoms with Crippen LogP contribution in [0.3, 0.4) is 0 Å². The Hall–Kier alpha value is -4.11. The van der Waals surface area contributed by atoms with E-state index in [-0.39, 0.29) is 34.1 Å².